The zero-order valence-electron chi connectivity index (χ0n) is 18.3. The summed E-state index contributed by atoms with van der Waals surface area (Å²) >= 11 is 0. The number of benzene rings is 2. The van der Waals surface area contributed by atoms with Crippen molar-refractivity contribution >= 4 is 29.0 Å². The monoisotopic (exact) mass is 439 g/mol. The Morgan fingerprint density at radius 1 is 1.03 bits per heavy atom. The molecule has 2 aliphatic rings. The standard InChI is InChI=1S/C26H21N3O4/c1-3-33-23(31)20-13-25(14-21(30)29(24(25)32)19-7-5-4-6-8-19)26(15-27,16-28)22(20)18-11-9-17(2)10-12-18/h4-12H,3,13-14H2,1-2H3. The summed E-state index contributed by atoms with van der Waals surface area (Å²) in [6, 6.07) is 19.5. The van der Waals surface area contributed by atoms with Crippen LogP contribution in [-0.4, -0.2) is 24.4 Å². The van der Waals surface area contributed by atoms with E-state index in [4.69, 9.17) is 4.74 Å². The lowest BCUT2D eigenvalue weighted by Crippen LogP contribution is -2.44. The second-order valence-corrected chi connectivity index (χ2v) is 8.22. The highest BCUT2D eigenvalue weighted by Crippen LogP contribution is 2.64. The number of para-hydroxylation sites is 1. The van der Waals surface area contributed by atoms with Crippen molar-refractivity contribution in [3.63, 3.8) is 0 Å². The third-order valence-electron chi connectivity index (χ3n) is 6.40. The van der Waals surface area contributed by atoms with Gasteiger partial charge in [-0.15, -0.1) is 0 Å². The Hall–Kier alpha value is -4.23. The largest absolute Gasteiger partial charge is 0.463 e. The molecule has 0 radical (unpaired) electrons. The number of carbonyl (C=O) groups is 3. The highest BCUT2D eigenvalue weighted by atomic mass is 16.5. The Morgan fingerprint density at radius 3 is 2.24 bits per heavy atom. The van der Waals surface area contributed by atoms with Crippen LogP contribution in [0, 0.1) is 40.4 Å². The second-order valence-electron chi connectivity index (χ2n) is 8.22. The maximum absolute atomic E-state index is 13.9. The number of rotatable bonds is 4. The molecule has 1 unspecified atom stereocenters. The minimum Gasteiger partial charge on any atom is -0.463 e. The molecule has 1 saturated heterocycles. The van der Waals surface area contributed by atoms with Crippen LogP contribution in [0.5, 0.6) is 0 Å². The van der Waals surface area contributed by atoms with Gasteiger partial charge in [-0.25, -0.2) is 9.69 Å². The summed E-state index contributed by atoms with van der Waals surface area (Å²) < 4.78 is 5.23. The summed E-state index contributed by atoms with van der Waals surface area (Å²) in [7, 11) is 0. The van der Waals surface area contributed by atoms with Gasteiger partial charge in [-0.1, -0.05) is 48.0 Å². The van der Waals surface area contributed by atoms with Gasteiger partial charge in [0.25, 0.3) is 0 Å². The normalized spacial score (nSPS) is 21.3. The van der Waals surface area contributed by atoms with Crippen LogP contribution in [0.4, 0.5) is 5.69 Å². The lowest BCUT2D eigenvalue weighted by Gasteiger charge is -2.32. The molecule has 2 aromatic carbocycles. The predicted octanol–water partition coefficient (Wildman–Crippen LogP) is 3.70. The molecule has 4 rings (SSSR count). The van der Waals surface area contributed by atoms with Crippen molar-refractivity contribution in [2.75, 3.05) is 11.5 Å². The first-order valence-electron chi connectivity index (χ1n) is 10.6. The van der Waals surface area contributed by atoms with Crippen molar-refractivity contribution in [1.29, 1.82) is 10.5 Å². The molecule has 2 aromatic rings. The van der Waals surface area contributed by atoms with Crippen LogP contribution in [0.3, 0.4) is 0 Å². The van der Waals surface area contributed by atoms with Gasteiger partial charge in [-0.3, -0.25) is 9.59 Å². The molecular weight excluding hydrogens is 418 g/mol. The zero-order chi connectivity index (χ0) is 23.8. The van der Waals surface area contributed by atoms with Crippen LogP contribution in [0.25, 0.3) is 5.57 Å². The number of ether oxygens (including phenoxy) is 1. The lowest BCUT2D eigenvalue weighted by molar-refractivity contribution is -0.138. The first-order valence-corrected chi connectivity index (χ1v) is 10.6. The van der Waals surface area contributed by atoms with E-state index in [9.17, 15) is 24.9 Å². The number of carbonyl (C=O) groups excluding carboxylic acids is 3. The van der Waals surface area contributed by atoms with Gasteiger partial charge in [0.2, 0.25) is 11.8 Å². The fraction of sp³-hybridized carbons (Fsp3) is 0.269. The first kappa shape index (κ1) is 22.0. The smallest absolute Gasteiger partial charge is 0.334 e. The molecule has 1 fully saturated rings. The SMILES string of the molecule is CCOC(=O)C1=C(c2ccc(C)cc2)C(C#N)(C#N)C2(CC(=O)N(c3ccccc3)C2=O)C1. The number of aryl methyl sites for hydroxylation is 1. The summed E-state index contributed by atoms with van der Waals surface area (Å²) in [4.78, 5) is 41.0. The molecule has 0 aromatic heterocycles. The number of allylic oxidation sites excluding steroid dienone is 1. The molecule has 164 valence electrons. The van der Waals surface area contributed by atoms with Gasteiger partial charge in [0.1, 0.15) is 0 Å². The highest BCUT2D eigenvalue weighted by molar-refractivity contribution is 6.25. The van der Waals surface area contributed by atoms with Crippen LogP contribution in [0.2, 0.25) is 0 Å². The molecule has 0 bridgehead atoms. The fourth-order valence-corrected chi connectivity index (χ4v) is 4.85. The summed E-state index contributed by atoms with van der Waals surface area (Å²) in [5.74, 6) is -1.88. The predicted molar refractivity (Wildman–Crippen MR) is 119 cm³/mol. The van der Waals surface area contributed by atoms with Crippen LogP contribution in [0.1, 0.15) is 30.9 Å². The van der Waals surface area contributed by atoms with Crippen molar-refractivity contribution < 1.29 is 19.1 Å². The number of amides is 2. The van der Waals surface area contributed by atoms with Crippen molar-refractivity contribution in [2.45, 2.75) is 26.7 Å². The van der Waals surface area contributed by atoms with E-state index in [1.54, 1.807) is 61.5 Å². The molecule has 7 nitrogen and oxygen atoms in total. The maximum atomic E-state index is 13.9. The number of nitrogens with zero attached hydrogens (tertiary/aromatic N) is 3. The third kappa shape index (κ3) is 3.05. The fourth-order valence-electron chi connectivity index (χ4n) is 4.85. The molecule has 1 aliphatic carbocycles. The highest BCUT2D eigenvalue weighted by Gasteiger charge is 2.71. The first-order chi connectivity index (χ1) is 15.8. The molecule has 7 heteroatoms. The van der Waals surface area contributed by atoms with Gasteiger partial charge in [0.15, 0.2) is 5.41 Å². The average molecular weight is 439 g/mol. The number of imide groups is 1. The number of anilines is 1. The van der Waals surface area contributed by atoms with Crippen molar-refractivity contribution in [3.8, 4) is 12.1 Å². The van der Waals surface area contributed by atoms with Gasteiger partial charge >= 0.3 is 5.97 Å². The quantitative estimate of drug-likeness (QED) is 0.530. The number of hydrogen-bond donors (Lipinski definition) is 0. The van der Waals surface area contributed by atoms with E-state index in [0.717, 1.165) is 10.5 Å². The molecule has 2 amide bonds. The van der Waals surface area contributed by atoms with E-state index in [1.807, 2.05) is 19.1 Å². The summed E-state index contributed by atoms with van der Waals surface area (Å²) in [6.45, 7) is 3.63. The van der Waals surface area contributed by atoms with Crippen molar-refractivity contribution in [3.05, 3.63) is 71.3 Å². The van der Waals surface area contributed by atoms with E-state index in [-0.39, 0.29) is 30.6 Å². The Balaban J connectivity index is 1.96. The van der Waals surface area contributed by atoms with Crippen LogP contribution in [0.15, 0.2) is 60.2 Å². The zero-order valence-corrected chi connectivity index (χ0v) is 18.3. The minimum atomic E-state index is -2.04. The Kier molecular flexibility index (Phi) is 5.35. The van der Waals surface area contributed by atoms with E-state index in [0.29, 0.717) is 11.3 Å². The van der Waals surface area contributed by atoms with E-state index < -0.39 is 28.6 Å². The van der Waals surface area contributed by atoms with Crippen molar-refractivity contribution in [2.24, 2.45) is 10.8 Å². The lowest BCUT2D eigenvalue weighted by atomic mass is 9.62. The molecule has 1 atom stereocenters. The maximum Gasteiger partial charge on any atom is 0.334 e. The summed E-state index contributed by atoms with van der Waals surface area (Å²) in [6.07, 6.45) is -0.593. The minimum absolute atomic E-state index is 0.0832. The third-order valence-corrected chi connectivity index (χ3v) is 6.40. The molecule has 33 heavy (non-hydrogen) atoms. The van der Waals surface area contributed by atoms with Gasteiger partial charge in [-0.2, -0.15) is 10.5 Å². The van der Waals surface area contributed by atoms with Crippen LogP contribution in [-0.2, 0) is 19.1 Å². The van der Waals surface area contributed by atoms with E-state index in [1.165, 1.54) is 0 Å². The second kappa shape index (κ2) is 8.03. The molecule has 0 saturated carbocycles. The van der Waals surface area contributed by atoms with Gasteiger partial charge in [0, 0.05) is 17.6 Å². The molecule has 1 aliphatic heterocycles. The van der Waals surface area contributed by atoms with E-state index in [2.05, 4.69) is 0 Å². The molecular formula is C26H21N3O4. The Bertz CT molecular complexity index is 1250. The molecule has 1 heterocycles. The number of hydrogen-bond acceptors (Lipinski definition) is 6. The van der Waals surface area contributed by atoms with Gasteiger partial charge in [0.05, 0.1) is 29.8 Å². The summed E-state index contributed by atoms with van der Waals surface area (Å²) in [5, 5.41) is 20.8. The molecule has 0 N–H and O–H groups in total. The van der Waals surface area contributed by atoms with Gasteiger partial charge in [-0.05, 0) is 38.0 Å². The topological polar surface area (TPSA) is 111 Å². The van der Waals surface area contributed by atoms with Crippen LogP contribution >= 0.6 is 0 Å². The number of nitriles is 2. The number of esters is 1. The average Bonchev–Trinajstić information content (AvgIpc) is 3.25. The van der Waals surface area contributed by atoms with E-state index >= 15 is 0 Å². The van der Waals surface area contributed by atoms with Crippen molar-refractivity contribution in [1.82, 2.24) is 0 Å². The Labute approximate surface area is 191 Å². The van der Waals surface area contributed by atoms with Gasteiger partial charge < -0.3 is 4.74 Å². The van der Waals surface area contributed by atoms with Crippen LogP contribution < -0.4 is 4.90 Å². The Morgan fingerprint density at radius 2 is 1.67 bits per heavy atom. The molecule has 1 spiro atoms. The summed E-state index contributed by atoms with van der Waals surface area (Å²) in [5.41, 5.74) is -1.77.